The summed E-state index contributed by atoms with van der Waals surface area (Å²) in [6, 6.07) is 11.4. The van der Waals surface area contributed by atoms with Crippen LogP contribution in [0.15, 0.2) is 42.5 Å². The van der Waals surface area contributed by atoms with Gasteiger partial charge in [0.05, 0.1) is 0 Å². The lowest BCUT2D eigenvalue weighted by molar-refractivity contribution is -0.134. The van der Waals surface area contributed by atoms with E-state index < -0.39 is 5.41 Å². The van der Waals surface area contributed by atoms with Crippen molar-refractivity contribution in [2.45, 2.75) is 26.3 Å². The molecular formula is C19H18ClFN2O2. The molecule has 4 nitrogen and oxygen atoms in total. The fraction of sp³-hybridized carbons (Fsp3) is 0.263. The molecule has 25 heavy (non-hydrogen) atoms. The molecule has 0 heterocycles. The minimum absolute atomic E-state index is 0.0561. The molecular weight excluding hydrogens is 343 g/mol. The molecule has 0 aliphatic heterocycles. The number of nitrogens with one attached hydrogen (secondary N) is 2. The highest BCUT2D eigenvalue weighted by molar-refractivity contribution is 6.30. The molecule has 0 spiro atoms. The van der Waals surface area contributed by atoms with Gasteiger partial charge in [0.1, 0.15) is 11.2 Å². The Hall–Kier alpha value is -2.40. The van der Waals surface area contributed by atoms with Crippen molar-refractivity contribution in [3.05, 3.63) is 64.4 Å². The Balaban J connectivity index is 1.65. The number of hydrogen-bond donors (Lipinski definition) is 2. The van der Waals surface area contributed by atoms with Gasteiger partial charge in [-0.2, -0.15) is 0 Å². The maximum atomic E-state index is 13.6. The van der Waals surface area contributed by atoms with E-state index in [1.807, 2.05) is 6.92 Å². The smallest absolute Gasteiger partial charge is 0.240 e. The maximum Gasteiger partial charge on any atom is 0.240 e. The van der Waals surface area contributed by atoms with Crippen LogP contribution in [0.2, 0.25) is 5.02 Å². The molecule has 6 heteroatoms. The van der Waals surface area contributed by atoms with Crippen LogP contribution in [-0.2, 0) is 16.1 Å². The number of amides is 2. The lowest BCUT2D eigenvalue weighted by atomic mass is 10.0. The number of aryl methyl sites for hydroxylation is 1. The predicted molar refractivity (Wildman–Crippen MR) is 94.7 cm³/mol. The van der Waals surface area contributed by atoms with Gasteiger partial charge in [0, 0.05) is 22.8 Å². The van der Waals surface area contributed by atoms with Crippen LogP contribution in [0.3, 0.4) is 0 Å². The predicted octanol–water partition coefficient (Wildman–Crippen LogP) is 3.82. The lowest BCUT2D eigenvalue weighted by Gasteiger charge is -2.16. The number of carbonyl (C=O) groups is 2. The molecule has 0 aromatic heterocycles. The minimum Gasteiger partial charge on any atom is -0.351 e. The molecule has 0 radical (unpaired) electrons. The van der Waals surface area contributed by atoms with E-state index in [2.05, 4.69) is 10.6 Å². The number of hydrogen-bond acceptors (Lipinski definition) is 2. The Kier molecular flexibility index (Phi) is 4.77. The summed E-state index contributed by atoms with van der Waals surface area (Å²) in [5.74, 6) is -1.10. The van der Waals surface area contributed by atoms with Gasteiger partial charge in [-0.1, -0.05) is 29.8 Å². The van der Waals surface area contributed by atoms with Gasteiger partial charge in [-0.25, -0.2) is 4.39 Å². The average Bonchev–Trinajstić information content (AvgIpc) is 3.38. The second-order valence-electron chi connectivity index (χ2n) is 6.27. The Morgan fingerprint density at radius 3 is 2.52 bits per heavy atom. The molecule has 2 N–H and O–H groups in total. The van der Waals surface area contributed by atoms with Gasteiger partial charge in [0.2, 0.25) is 11.8 Å². The molecule has 130 valence electrons. The van der Waals surface area contributed by atoms with Crippen LogP contribution >= 0.6 is 11.6 Å². The maximum absolute atomic E-state index is 13.6. The first-order chi connectivity index (χ1) is 11.9. The third-order valence-electron chi connectivity index (χ3n) is 4.45. The van der Waals surface area contributed by atoms with Crippen LogP contribution < -0.4 is 10.6 Å². The molecule has 0 bridgehead atoms. The highest BCUT2D eigenvalue weighted by Crippen LogP contribution is 2.47. The molecule has 1 aliphatic rings. The number of carbonyl (C=O) groups excluding carboxylic acids is 2. The van der Waals surface area contributed by atoms with Gasteiger partial charge in [0.15, 0.2) is 0 Å². The van der Waals surface area contributed by atoms with Gasteiger partial charge in [-0.15, -0.1) is 0 Å². The van der Waals surface area contributed by atoms with Crippen molar-refractivity contribution in [2.75, 3.05) is 5.32 Å². The van der Waals surface area contributed by atoms with Crippen LogP contribution in [0.4, 0.5) is 10.1 Å². The third kappa shape index (κ3) is 3.66. The Bertz CT molecular complexity index is 834. The van der Waals surface area contributed by atoms with Crippen LogP contribution in [0.1, 0.15) is 24.0 Å². The summed E-state index contributed by atoms with van der Waals surface area (Å²) < 4.78 is 13.6. The third-order valence-corrected chi connectivity index (χ3v) is 4.69. The molecule has 1 fully saturated rings. The number of anilines is 1. The second kappa shape index (κ2) is 6.84. The molecule has 2 aromatic rings. The average molecular weight is 361 g/mol. The summed E-state index contributed by atoms with van der Waals surface area (Å²) in [5.41, 5.74) is 0.767. The van der Waals surface area contributed by atoms with Gasteiger partial charge in [-0.05, 0) is 49.6 Å². The molecule has 0 atom stereocenters. The second-order valence-corrected chi connectivity index (χ2v) is 6.71. The lowest BCUT2D eigenvalue weighted by Crippen LogP contribution is -2.39. The van der Waals surface area contributed by atoms with Crippen LogP contribution in [-0.4, -0.2) is 11.8 Å². The van der Waals surface area contributed by atoms with E-state index in [0.717, 1.165) is 5.56 Å². The van der Waals surface area contributed by atoms with E-state index in [4.69, 9.17) is 11.6 Å². The van der Waals surface area contributed by atoms with E-state index in [-0.39, 0.29) is 24.2 Å². The van der Waals surface area contributed by atoms with Crippen LogP contribution in [0.5, 0.6) is 0 Å². The van der Waals surface area contributed by atoms with Crippen molar-refractivity contribution in [1.82, 2.24) is 5.32 Å². The normalized spacial score (nSPS) is 14.7. The summed E-state index contributed by atoms with van der Waals surface area (Å²) in [4.78, 5) is 25.0. The first kappa shape index (κ1) is 17.4. The van der Waals surface area contributed by atoms with Gasteiger partial charge < -0.3 is 10.6 Å². The Morgan fingerprint density at radius 2 is 1.88 bits per heavy atom. The molecule has 3 rings (SSSR count). The summed E-state index contributed by atoms with van der Waals surface area (Å²) in [6.45, 7) is 1.89. The van der Waals surface area contributed by atoms with Crippen molar-refractivity contribution in [3.8, 4) is 0 Å². The summed E-state index contributed by atoms with van der Waals surface area (Å²) in [6.07, 6.45) is 0.961. The van der Waals surface area contributed by atoms with Gasteiger partial charge in [0.25, 0.3) is 0 Å². The highest BCUT2D eigenvalue weighted by Gasteiger charge is 2.56. The summed E-state index contributed by atoms with van der Waals surface area (Å²) >= 11 is 5.91. The first-order valence-corrected chi connectivity index (χ1v) is 8.39. The minimum atomic E-state index is -1.07. The van der Waals surface area contributed by atoms with E-state index >= 15 is 0 Å². The number of benzene rings is 2. The fourth-order valence-corrected chi connectivity index (χ4v) is 2.90. The monoisotopic (exact) mass is 360 g/mol. The van der Waals surface area contributed by atoms with Gasteiger partial charge >= 0.3 is 0 Å². The largest absolute Gasteiger partial charge is 0.351 e. The molecule has 1 aliphatic carbocycles. The number of halogens is 2. The van der Waals surface area contributed by atoms with E-state index in [0.29, 0.717) is 29.1 Å². The standard InChI is InChI=1S/C19H18ClFN2O2/c1-12-10-14(20)6-7-16(12)23-18(25)19(8-9-19)17(24)22-11-13-4-2-3-5-15(13)21/h2-7,10H,8-9,11H2,1H3,(H,22,24)(H,23,25). The summed E-state index contributed by atoms with van der Waals surface area (Å²) in [5, 5.41) is 6.05. The van der Waals surface area contributed by atoms with E-state index in [1.54, 1.807) is 36.4 Å². The van der Waals surface area contributed by atoms with Gasteiger partial charge in [-0.3, -0.25) is 9.59 Å². The fourth-order valence-electron chi connectivity index (χ4n) is 2.68. The zero-order chi connectivity index (χ0) is 18.0. The quantitative estimate of drug-likeness (QED) is 0.796. The van der Waals surface area contributed by atoms with E-state index in [1.165, 1.54) is 6.07 Å². The van der Waals surface area contributed by atoms with Crippen molar-refractivity contribution in [2.24, 2.45) is 5.41 Å². The molecule has 2 amide bonds. The van der Waals surface area contributed by atoms with Crippen molar-refractivity contribution in [1.29, 1.82) is 0 Å². The van der Waals surface area contributed by atoms with E-state index in [9.17, 15) is 14.0 Å². The Morgan fingerprint density at radius 1 is 1.16 bits per heavy atom. The zero-order valence-electron chi connectivity index (χ0n) is 13.7. The summed E-state index contributed by atoms with van der Waals surface area (Å²) in [7, 11) is 0. The number of rotatable bonds is 5. The van der Waals surface area contributed by atoms with Crippen molar-refractivity contribution in [3.63, 3.8) is 0 Å². The first-order valence-electron chi connectivity index (χ1n) is 8.02. The molecule has 1 saturated carbocycles. The van der Waals surface area contributed by atoms with Crippen LogP contribution in [0, 0.1) is 18.2 Å². The topological polar surface area (TPSA) is 58.2 Å². The molecule has 2 aromatic carbocycles. The van der Waals surface area contributed by atoms with Crippen molar-refractivity contribution >= 4 is 29.1 Å². The zero-order valence-corrected chi connectivity index (χ0v) is 14.5. The van der Waals surface area contributed by atoms with Crippen LogP contribution in [0.25, 0.3) is 0 Å². The SMILES string of the molecule is Cc1cc(Cl)ccc1NC(=O)C1(C(=O)NCc2ccccc2F)CC1. The molecule has 0 saturated heterocycles. The highest BCUT2D eigenvalue weighted by atomic mass is 35.5. The Labute approximate surface area is 150 Å². The van der Waals surface area contributed by atoms with Crippen molar-refractivity contribution < 1.29 is 14.0 Å². The molecule has 0 unspecified atom stereocenters.